The Kier molecular flexibility index (Phi) is 16.5. The van der Waals surface area contributed by atoms with E-state index in [0.717, 1.165) is 24.8 Å². The van der Waals surface area contributed by atoms with Crippen LogP contribution in [0.5, 0.6) is 0 Å². The Bertz CT molecular complexity index is 512. The van der Waals surface area contributed by atoms with E-state index in [1.807, 2.05) is 25.5 Å². The molecule has 0 aliphatic carbocycles. The quantitative estimate of drug-likeness (QED) is 0.253. The van der Waals surface area contributed by atoms with Crippen molar-refractivity contribution in [1.29, 1.82) is 0 Å². The third-order valence-electron chi connectivity index (χ3n) is 3.09. The molecule has 0 radical (unpaired) electrons. The second kappa shape index (κ2) is 13.9. The predicted octanol–water partition coefficient (Wildman–Crippen LogP) is 4.46. The minimum atomic E-state index is -3.44. The molecule has 0 bridgehead atoms. The van der Waals surface area contributed by atoms with Crippen molar-refractivity contribution in [3.8, 4) is 0 Å². The Morgan fingerprint density at radius 2 is 1.78 bits per heavy atom. The molecule has 3 nitrogen and oxygen atoms in total. The average Bonchev–Trinajstić information content (AvgIpc) is 2.42. The smallest absolute Gasteiger partial charge is 0.358 e. The summed E-state index contributed by atoms with van der Waals surface area (Å²) in [6.07, 6.45) is 6.79. The maximum absolute atomic E-state index is 12.6. The van der Waals surface area contributed by atoms with Gasteiger partial charge in [-0.05, 0) is 19.1 Å². The number of unbranched alkanes of at least 4 members (excludes halogenated alkanes) is 3. The van der Waals surface area contributed by atoms with Crippen LogP contribution < -0.4 is 0 Å². The summed E-state index contributed by atoms with van der Waals surface area (Å²) in [5.41, 5.74) is 1.05. The molecule has 0 aromatic heterocycles. The van der Waals surface area contributed by atoms with Crippen LogP contribution >= 0.6 is 0 Å². The molecule has 0 unspecified atom stereocenters. The van der Waals surface area contributed by atoms with Crippen molar-refractivity contribution in [2.75, 3.05) is 13.1 Å². The normalized spacial score (nSPS) is 10.2. The van der Waals surface area contributed by atoms with Crippen molar-refractivity contribution < 1.29 is 27.9 Å². The van der Waals surface area contributed by atoms with Gasteiger partial charge in [0.2, 0.25) is 10.0 Å². The molecule has 1 rings (SSSR count). The van der Waals surface area contributed by atoms with Gasteiger partial charge in [-0.2, -0.15) is 6.42 Å². The maximum atomic E-state index is 12.6. The van der Waals surface area contributed by atoms with Gasteiger partial charge in [0.15, 0.2) is 0 Å². The molecule has 23 heavy (non-hydrogen) atoms. The molecule has 0 fully saturated rings. The molecule has 0 amide bonds. The van der Waals surface area contributed by atoms with Crippen LogP contribution in [-0.4, -0.2) is 25.8 Å². The number of sulfonamides is 1. The molecule has 0 aliphatic rings. The average molecular weight is 427 g/mol. The van der Waals surface area contributed by atoms with Gasteiger partial charge in [-0.1, -0.05) is 43.5 Å². The molecule has 1 aromatic rings. The fraction of sp³-hybridized carbons (Fsp3) is 0.389. The number of nitrogens with zero attached hydrogens (tertiary/aromatic N) is 1. The van der Waals surface area contributed by atoms with Crippen molar-refractivity contribution in [3.05, 3.63) is 63.8 Å². The number of rotatable bonds is 9. The van der Waals surface area contributed by atoms with E-state index in [0.29, 0.717) is 18.0 Å². The third-order valence-corrected chi connectivity index (χ3v) is 4.93. The van der Waals surface area contributed by atoms with E-state index in [9.17, 15) is 8.42 Å². The zero-order chi connectivity index (χ0) is 15.0. The van der Waals surface area contributed by atoms with Crippen LogP contribution in [0.25, 0.3) is 0 Å². The molecule has 0 aliphatic heterocycles. The SMILES string of the molecule is C=CCN(C[CH-]CCCC)S(=O)(=O)c1ccc(C)cc1.[CH3-].[CH3-].[Rh+3]. The largest absolute Gasteiger partial charge is 3.00 e. The van der Waals surface area contributed by atoms with Crippen molar-refractivity contribution in [2.24, 2.45) is 0 Å². The molecule has 0 heterocycles. The van der Waals surface area contributed by atoms with E-state index in [1.165, 1.54) is 4.31 Å². The zero-order valence-electron chi connectivity index (χ0n) is 14.7. The minimum absolute atomic E-state index is 0. The van der Waals surface area contributed by atoms with Crippen LogP contribution in [0.2, 0.25) is 0 Å². The number of hydrogen-bond acceptors (Lipinski definition) is 2. The Hall–Kier alpha value is -0.507. The van der Waals surface area contributed by atoms with E-state index in [4.69, 9.17) is 0 Å². The van der Waals surface area contributed by atoms with Crippen LogP contribution in [0.1, 0.15) is 31.7 Å². The van der Waals surface area contributed by atoms with Crippen LogP contribution in [0, 0.1) is 28.2 Å². The van der Waals surface area contributed by atoms with E-state index in [1.54, 1.807) is 18.2 Å². The van der Waals surface area contributed by atoms with Crippen LogP contribution in [0.4, 0.5) is 0 Å². The second-order valence-corrected chi connectivity index (χ2v) is 6.79. The molecule has 0 atom stereocenters. The molecule has 0 saturated carbocycles. The molecule has 0 spiro atoms. The van der Waals surface area contributed by atoms with Gasteiger partial charge in [-0.25, -0.2) is 12.7 Å². The Morgan fingerprint density at radius 3 is 2.26 bits per heavy atom. The topological polar surface area (TPSA) is 37.4 Å². The van der Waals surface area contributed by atoms with E-state index >= 15 is 0 Å². The molecular formula is C18H30NO2RhS. The van der Waals surface area contributed by atoms with Gasteiger partial charge >= 0.3 is 19.5 Å². The second-order valence-electron chi connectivity index (χ2n) is 4.85. The Labute approximate surface area is 157 Å². The number of aryl methyl sites for hydroxylation is 1. The molecular weight excluding hydrogens is 397 g/mol. The standard InChI is InChI=1S/C16H24NO2S.2CH3.Rh/c1-4-6-7-8-14-17(13-5-2)20(18,19)16-11-9-15(3)10-12-16;;;/h5,8-12H,2,4,6-7,13-14H2,1,3H3;2*1H3;/q3*-1;+3. The van der Waals surface area contributed by atoms with Gasteiger partial charge in [-0.3, -0.25) is 0 Å². The maximum Gasteiger partial charge on any atom is 3.00 e. The fourth-order valence-corrected chi connectivity index (χ4v) is 3.24. The van der Waals surface area contributed by atoms with E-state index in [2.05, 4.69) is 13.5 Å². The minimum Gasteiger partial charge on any atom is -0.358 e. The summed E-state index contributed by atoms with van der Waals surface area (Å²) in [5.74, 6) is 0. The predicted molar refractivity (Wildman–Crippen MR) is 96.8 cm³/mol. The van der Waals surface area contributed by atoms with Gasteiger partial charge in [-0.15, -0.1) is 13.1 Å². The summed E-state index contributed by atoms with van der Waals surface area (Å²) >= 11 is 0. The first-order valence-electron chi connectivity index (χ1n) is 7.01. The molecule has 5 heteroatoms. The number of hydrogen-bond donors (Lipinski definition) is 0. The zero-order valence-corrected chi connectivity index (χ0v) is 17.2. The first kappa shape index (κ1) is 27.3. The monoisotopic (exact) mass is 427 g/mol. The van der Waals surface area contributed by atoms with E-state index in [-0.39, 0.29) is 34.3 Å². The van der Waals surface area contributed by atoms with Gasteiger partial charge < -0.3 is 21.3 Å². The summed E-state index contributed by atoms with van der Waals surface area (Å²) in [5, 5.41) is 0. The molecule has 1 aromatic carbocycles. The van der Waals surface area contributed by atoms with Crippen molar-refractivity contribution in [1.82, 2.24) is 4.31 Å². The van der Waals surface area contributed by atoms with Gasteiger partial charge in [0, 0.05) is 6.54 Å². The summed E-state index contributed by atoms with van der Waals surface area (Å²) in [7, 11) is -3.44. The summed E-state index contributed by atoms with van der Waals surface area (Å²) in [6, 6.07) is 6.96. The molecule has 0 saturated heterocycles. The summed E-state index contributed by atoms with van der Waals surface area (Å²) in [6.45, 7) is 8.48. The number of benzene rings is 1. The van der Waals surface area contributed by atoms with E-state index < -0.39 is 10.0 Å². The van der Waals surface area contributed by atoms with Crippen molar-refractivity contribution >= 4 is 10.0 Å². The Balaban J connectivity index is -0.00000133. The fourth-order valence-electron chi connectivity index (χ4n) is 1.86. The first-order chi connectivity index (χ1) is 9.52. The van der Waals surface area contributed by atoms with Crippen LogP contribution in [0.15, 0.2) is 41.8 Å². The van der Waals surface area contributed by atoms with Crippen LogP contribution in [0.3, 0.4) is 0 Å². The summed E-state index contributed by atoms with van der Waals surface area (Å²) < 4.78 is 26.6. The third kappa shape index (κ3) is 8.78. The Morgan fingerprint density at radius 1 is 1.22 bits per heavy atom. The summed E-state index contributed by atoms with van der Waals surface area (Å²) in [4.78, 5) is 0.342. The molecule has 134 valence electrons. The van der Waals surface area contributed by atoms with Crippen LogP contribution in [-0.2, 0) is 29.5 Å². The first-order valence-corrected chi connectivity index (χ1v) is 8.45. The van der Waals surface area contributed by atoms with Gasteiger partial charge in [0.05, 0.1) is 4.90 Å². The van der Waals surface area contributed by atoms with Crippen molar-refractivity contribution in [3.63, 3.8) is 0 Å². The van der Waals surface area contributed by atoms with Gasteiger partial charge in [0.25, 0.3) is 0 Å². The molecule has 0 N–H and O–H groups in total. The van der Waals surface area contributed by atoms with Gasteiger partial charge in [0.1, 0.15) is 0 Å². The van der Waals surface area contributed by atoms with Crippen molar-refractivity contribution in [2.45, 2.75) is 38.0 Å².